The van der Waals surface area contributed by atoms with Gasteiger partial charge in [-0.1, -0.05) is 76.8 Å². The first kappa shape index (κ1) is 19.0. The highest BCUT2D eigenvalue weighted by molar-refractivity contribution is 7.98. The van der Waals surface area contributed by atoms with E-state index < -0.39 is 0 Å². The Morgan fingerprint density at radius 3 is 1.71 bits per heavy atom. The predicted molar refractivity (Wildman–Crippen MR) is 101 cm³/mol. The zero-order valence-corrected chi connectivity index (χ0v) is 15.6. The van der Waals surface area contributed by atoms with Crippen LogP contribution in [0.25, 0.3) is 0 Å². The van der Waals surface area contributed by atoms with Gasteiger partial charge in [0.2, 0.25) is 0 Å². The molecule has 0 unspecified atom stereocenters. The minimum atomic E-state index is -0.160. The molecule has 0 spiro atoms. The van der Waals surface area contributed by atoms with E-state index in [4.69, 9.17) is 0 Å². The minimum absolute atomic E-state index is 0.160. The number of carbonyl (C=O) groups is 2. The summed E-state index contributed by atoms with van der Waals surface area (Å²) in [5, 5.41) is 0. The summed E-state index contributed by atoms with van der Waals surface area (Å²) < 4.78 is 1.33. The van der Waals surface area contributed by atoms with Crippen molar-refractivity contribution in [1.82, 2.24) is 4.31 Å². The molecule has 0 N–H and O–H groups in total. The Hall–Kier alpha value is -1.29. The lowest BCUT2D eigenvalue weighted by molar-refractivity contribution is 0.0777. The Bertz CT molecular complexity index is 509. The highest BCUT2D eigenvalue weighted by Crippen LogP contribution is 2.28. The molecule has 1 heterocycles. The Balaban J connectivity index is 1.53. The Morgan fingerprint density at radius 2 is 1.21 bits per heavy atom. The van der Waals surface area contributed by atoms with Crippen LogP contribution in [0.3, 0.4) is 0 Å². The molecule has 1 aromatic rings. The normalized spacial score (nSPS) is 13.6. The molecule has 0 saturated carbocycles. The van der Waals surface area contributed by atoms with Crippen LogP contribution < -0.4 is 0 Å². The topological polar surface area (TPSA) is 37.4 Å². The van der Waals surface area contributed by atoms with Crippen molar-refractivity contribution in [2.75, 3.05) is 5.75 Å². The first-order valence-corrected chi connectivity index (χ1v) is 10.3. The number of unbranched alkanes of at least 4 members (excludes halogenated alkanes) is 9. The quantitative estimate of drug-likeness (QED) is 0.270. The van der Waals surface area contributed by atoms with Crippen LogP contribution in [0, 0.1) is 0 Å². The number of hydrogen-bond acceptors (Lipinski definition) is 3. The third-order valence-corrected chi connectivity index (χ3v) is 5.54. The molecular formula is C20H29NO2S. The maximum Gasteiger partial charge on any atom is 0.271 e. The van der Waals surface area contributed by atoms with Crippen LogP contribution in [0.1, 0.15) is 91.8 Å². The van der Waals surface area contributed by atoms with Crippen molar-refractivity contribution in [2.24, 2.45) is 0 Å². The standard InChI is InChI=1S/C20H29NO2S/c1-2-3-4-5-6-7-8-9-10-13-16-24-21-19(22)17-14-11-12-15-18(17)20(21)23/h11-12,14-15H,2-10,13,16H2,1H3. The van der Waals surface area contributed by atoms with E-state index >= 15 is 0 Å². The fourth-order valence-electron chi connectivity index (χ4n) is 3.03. The fourth-order valence-corrected chi connectivity index (χ4v) is 3.98. The molecule has 24 heavy (non-hydrogen) atoms. The van der Waals surface area contributed by atoms with Crippen LogP contribution in [0.4, 0.5) is 0 Å². The van der Waals surface area contributed by atoms with Gasteiger partial charge in [0.15, 0.2) is 0 Å². The van der Waals surface area contributed by atoms with Crippen molar-refractivity contribution in [1.29, 1.82) is 0 Å². The minimum Gasteiger partial charge on any atom is -0.268 e. The van der Waals surface area contributed by atoms with E-state index in [1.807, 2.05) is 0 Å². The maximum atomic E-state index is 12.2. The van der Waals surface area contributed by atoms with Crippen molar-refractivity contribution in [3.05, 3.63) is 35.4 Å². The van der Waals surface area contributed by atoms with Crippen molar-refractivity contribution in [3.63, 3.8) is 0 Å². The van der Waals surface area contributed by atoms with Gasteiger partial charge in [0.1, 0.15) is 0 Å². The van der Waals surface area contributed by atoms with E-state index in [1.165, 1.54) is 74.0 Å². The molecule has 0 fully saturated rings. The smallest absolute Gasteiger partial charge is 0.268 e. The van der Waals surface area contributed by atoms with Crippen molar-refractivity contribution in [3.8, 4) is 0 Å². The highest BCUT2D eigenvalue weighted by atomic mass is 32.2. The van der Waals surface area contributed by atoms with Gasteiger partial charge in [-0.3, -0.25) is 9.59 Å². The summed E-state index contributed by atoms with van der Waals surface area (Å²) in [5.41, 5.74) is 1.08. The molecule has 1 aromatic carbocycles. The lowest BCUT2D eigenvalue weighted by atomic mass is 10.1. The number of amides is 2. The van der Waals surface area contributed by atoms with Crippen molar-refractivity contribution >= 4 is 23.8 Å². The molecule has 0 radical (unpaired) electrons. The third kappa shape index (κ3) is 5.37. The van der Waals surface area contributed by atoms with Crippen LogP contribution in [-0.2, 0) is 0 Å². The summed E-state index contributed by atoms with van der Waals surface area (Å²) in [5.74, 6) is 0.516. The lowest BCUT2D eigenvalue weighted by Crippen LogP contribution is -2.22. The van der Waals surface area contributed by atoms with E-state index in [9.17, 15) is 9.59 Å². The molecular weight excluding hydrogens is 318 g/mol. The SMILES string of the molecule is CCCCCCCCCCCCSN1C(=O)c2ccccc2C1=O. The molecule has 0 aromatic heterocycles. The Morgan fingerprint density at radius 1 is 0.750 bits per heavy atom. The average molecular weight is 348 g/mol. The second-order valence-electron chi connectivity index (χ2n) is 6.47. The molecule has 0 saturated heterocycles. The van der Waals surface area contributed by atoms with Gasteiger partial charge in [0.25, 0.3) is 11.8 Å². The molecule has 2 amide bonds. The number of imide groups is 1. The van der Waals surface area contributed by atoms with Gasteiger partial charge in [-0.05, 0) is 30.5 Å². The summed E-state index contributed by atoms with van der Waals surface area (Å²) in [6.07, 6.45) is 13.0. The molecule has 1 aliphatic rings. The van der Waals surface area contributed by atoms with Crippen LogP contribution in [0.5, 0.6) is 0 Å². The van der Waals surface area contributed by atoms with Gasteiger partial charge in [-0.2, -0.15) is 0 Å². The van der Waals surface area contributed by atoms with Gasteiger partial charge in [0, 0.05) is 5.75 Å². The van der Waals surface area contributed by atoms with Crippen molar-refractivity contribution in [2.45, 2.75) is 71.1 Å². The zero-order valence-electron chi connectivity index (χ0n) is 14.8. The number of carbonyl (C=O) groups excluding carboxylic acids is 2. The number of nitrogens with zero attached hydrogens (tertiary/aromatic N) is 1. The van der Waals surface area contributed by atoms with E-state index in [2.05, 4.69) is 6.92 Å². The molecule has 0 atom stereocenters. The molecule has 1 aliphatic heterocycles. The average Bonchev–Trinajstić information content (AvgIpc) is 2.84. The number of benzene rings is 1. The van der Waals surface area contributed by atoms with Crippen LogP contribution in [0.15, 0.2) is 24.3 Å². The van der Waals surface area contributed by atoms with Gasteiger partial charge in [-0.15, -0.1) is 0 Å². The van der Waals surface area contributed by atoms with Gasteiger partial charge in [-0.25, -0.2) is 4.31 Å². The number of rotatable bonds is 12. The van der Waals surface area contributed by atoms with Crippen LogP contribution in [0.2, 0.25) is 0 Å². The second-order valence-corrected chi connectivity index (χ2v) is 7.50. The second kappa shape index (κ2) is 10.5. The summed E-state index contributed by atoms with van der Waals surface area (Å²) >= 11 is 1.37. The van der Waals surface area contributed by atoms with Crippen LogP contribution >= 0.6 is 11.9 Å². The molecule has 4 heteroatoms. The molecule has 3 nitrogen and oxygen atoms in total. The van der Waals surface area contributed by atoms with Gasteiger partial charge >= 0.3 is 0 Å². The predicted octanol–water partition coefficient (Wildman–Crippen LogP) is 5.85. The molecule has 132 valence electrons. The summed E-state index contributed by atoms with van der Waals surface area (Å²) in [6.45, 7) is 2.25. The van der Waals surface area contributed by atoms with Gasteiger partial charge < -0.3 is 0 Å². The third-order valence-electron chi connectivity index (χ3n) is 4.48. The van der Waals surface area contributed by atoms with Crippen LogP contribution in [-0.4, -0.2) is 21.9 Å². The molecule has 0 aliphatic carbocycles. The number of fused-ring (bicyclic) bond motifs is 1. The Labute approximate surface area is 150 Å². The van der Waals surface area contributed by atoms with Crippen molar-refractivity contribution < 1.29 is 9.59 Å². The largest absolute Gasteiger partial charge is 0.271 e. The maximum absolute atomic E-state index is 12.2. The summed E-state index contributed by atoms with van der Waals surface area (Å²) in [4.78, 5) is 24.4. The van der Waals surface area contributed by atoms with E-state index in [1.54, 1.807) is 24.3 Å². The summed E-state index contributed by atoms with van der Waals surface area (Å²) in [6, 6.07) is 7.08. The molecule has 2 rings (SSSR count). The first-order chi connectivity index (χ1) is 11.8. The molecule has 0 bridgehead atoms. The number of hydrogen-bond donors (Lipinski definition) is 0. The van der Waals surface area contributed by atoms with E-state index in [-0.39, 0.29) is 11.8 Å². The monoisotopic (exact) mass is 347 g/mol. The van der Waals surface area contributed by atoms with Gasteiger partial charge in [0.05, 0.1) is 11.1 Å². The van der Waals surface area contributed by atoms with E-state index in [0.717, 1.165) is 12.2 Å². The highest BCUT2D eigenvalue weighted by Gasteiger charge is 2.35. The lowest BCUT2D eigenvalue weighted by Gasteiger charge is -2.11. The fraction of sp³-hybridized carbons (Fsp3) is 0.600. The van der Waals surface area contributed by atoms with E-state index in [0.29, 0.717) is 11.1 Å². The summed E-state index contributed by atoms with van der Waals surface area (Å²) in [7, 11) is 0. The first-order valence-electron chi connectivity index (χ1n) is 9.36. The Kier molecular flexibility index (Phi) is 8.37. The zero-order chi connectivity index (χ0) is 17.2.